The molecule has 9 nitrogen and oxygen atoms in total. The van der Waals surface area contributed by atoms with Crippen LogP contribution in [0.2, 0.25) is 0 Å². The van der Waals surface area contributed by atoms with E-state index in [0.717, 1.165) is 45.3 Å². The summed E-state index contributed by atoms with van der Waals surface area (Å²) in [6.07, 6.45) is 1.02. The van der Waals surface area contributed by atoms with E-state index in [1.807, 2.05) is 13.8 Å². The quantitative estimate of drug-likeness (QED) is 0.339. The Labute approximate surface area is 196 Å². The zero-order chi connectivity index (χ0) is 23.8. The lowest BCUT2D eigenvalue weighted by molar-refractivity contribution is -0.485. The van der Waals surface area contributed by atoms with Crippen molar-refractivity contribution in [1.29, 1.82) is 0 Å². The standard InChI is InChI=1S/C24H43NO8/c1-4-16-18(26)17(25-3)20-21(19(16)27)32-22-24(29,33-20)23(28,13-14(2)31-22)10-6-5-7-15-8-11-30-12-9-15/h14-22,25-29H,4-13H2,1-3H3/t14-,16-,17+,18+,19+,20-,21-,22+,23+,24-/m1/s1. The Kier molecular flexibility index (Phi) is 8.05. The molecule has 10 atom stereocenters. The molecule has 192 valence electrons. The van der Waals surface area contributed by atoms with Crippen LogP contribution in [0.4, 0.5) is 0 Å². The van der Waals surface area contributed by atoms with Crippen LogP contribution in [0.3, 0.4) is 0 Å². The molecule has 33 heavy (non-hydrogen) atoms. The number of aliphatic hydroxyl groups is 4. The van der Waals surface area contributed by atoms with E-state index >= 15 is 0 Å². The van der Waals surface area contributed by atoms with Crippen molar-refractivity contribution in [3.8, 4) is 0 Å². The topological polar surface area (TPSA) is 130 Å². The highest BCUT2D eigenvalue weighted by Crippen LogP contribution is 2.49. The lowest BCUT2D eigenvalue weighted by Crippen LogP contribution is -2.78. The minimum atomic E-state index is -2.09. The zero-order valence-electron chi connectivity index (χ0n) is 20.2. The number of rotatable bonds is 7. The fourth-order valence-electron chi connectivity index (χ4n) is 6.42. The molecule has 1 aliphatic carbocycles. The maximum atomic E-state index is 11.7. The second kappa shape index (κ2) is 10.3. The Balaban J connectivity index is 1.48. The van der Waals surface area contributed by atoms with Crippen LogP contribution in [0.1, 0.15) is 65.2 Å². The summed E-state index contributed by atoms with van der Waals surface area (Å²) in [5.74, 6) is -1.84. The van der Waals surface area contributed by atoms with Gasteiger partial charge in [0.2, 0.25) is 12.1 Å². The third-order valence-electron chi connectivity index (χ3n) is 8.42. The molecular weight excluding hydrogens is 430 g/mol. The van der Waals surface area contributed by atoms with Crippen molar-refractivity contribution in [1.82, 2.24) is 5.32 Å². The van der Waals surface area contributed by atoms with Crippen molar-refractivity contribution in [2.24, 2.45) is 11.8 Å². The fourth-order valence-corrected chi connectivity index (χ4v) is 6.42. The minimum Gasteiger partial charge on any atom is -0.391 e. The van der Waals surface area contributed by atoms with Gasteiger partial charge in [0.05, 0.1) is 24.4 Å². The van der Waals surface area contributed by atoms with Gasteiger partial charge in [-0.05, 0) is 45.6 Å². The van der Waals surface area contributed by atoms with Crippen molar-refractivity contribution in [2.75, 3.05) is 20.3 Å². The highest BCUT2D eigenvalue weighted by Gasteiger charge is 2.68. The summed E-state index contributed by atoms with van der Waals surface area (Å²) in [7, 11) is 1.71. The number of unbranched alkanes of at least 4 members (excludes halogenated alkanes) is 1. The molecule has 3 heterocycles. The highest BCUT2D eigenvalue weighted by molar-refractivity contribution is 5.10. The predicted molar refractivity (Wildman–Crippen MR) is 119 cm³/mol. The molecule has 9 heteroatoms. The molecule has 0 bridgehead atoms. The Morgan fingerprint density at radius 1 is 1.00 bits per heavy atom. The smallest absolute Gasteiger partial charge is 0.248 e. The molecule has 3 saturated heterocycles. The van der Waals surface area contributed by atoms with Crippen molar-refractivity contribution >= 4 is 0 Å². The maximum absolute atomic E-state index is 11.7. The fraction of sp³-hybridized carbons (Fsp3) is 1.00. The number of likely N-dealkylation sites (N-methyl/N-ethyl adjacent to an activating group) is 1. The van der Waals surface area contributed by atoms with Gasteiger partial charge in [0.15, 0.2) is 0 Å². The van der Waals surface area contributed by atoms with Gasteiger partial charge in [-0.15, -0.1) is 0 Å². The van der Waals surface area contributed by atoms with Crippen LogP contribution in [-0.4, -0.2) is 94.9 Å². The van der Waals surface area contributed by atoms with Crippen LogP contribution in [0.5, 0.6) is 0 Å². The summed E-state index contributed by atoms with van der Waals surface area (Å²) in [6, 6.07) is -0.564. The number of aliphatic hydroxyl groups excluding tert-OH is 2. The van der Waals surface area contributed by atoms with E-state index < -0.39 is 54.1 Å². The van der Waals surface area contributed by atoms with E-state index in [1.165, 1.54) is 0 Å². The molecule has 0 radical (unpaired) electrons. The van der Waals surface area contributed by atoms with E-state index in [4.69, 9.17) is 18.9 Å². The van der Waals surface area contributed by atoms with Crippen molar-refractivity contribution in [3.05, 3.63) is 0 Å². The first-order valence-electron chi connectivity index (χ1n) is 12.8. The Hall–Kier alpha value is -0.360. The third kappa shape index (κ3) is 4.73. The van der Waals surface area contributed by atoms with Crippen LogP contribution < -0.4 is 5.32 Å². The summed E-state index contributed by atoms with van der Waals surface area (Å²) in [6.45, 7) is 5.39. The van der Waals surface area contributed by atoms with Crippen LogP contribution in [-0.2, 0) is 18.9 Å². The number of hydrogen-bond acceptors (Lipinski definition) is 9. The van der Waals surface area contributed by atoms with E-state index in [0.29, 0.717) is 18.8 Å². The van der Waals surface area contributed by atoms with Crippen molar-refractivity contribution < 1.29 is 39.4 Å². The average molecular weight is 474 g/mol. The number of hydrogen-bond donors (Lipinski definition) is 5. The lowest BCUT2D eigenvalue weighted by Gasteiger charge is -2.60. The van der Waals surface area contributed by atoms with Gasteiger partial charge in [0.1, 0.15) is 17.8 Å². The molecule has 4 fully saturated rings. The van der Waals surface area contributed by atoms with E-state index in [2.05, 4.69) is 5.32 Å². The average Bonchev–Trinajstić information content (AvgIpc) is 2.78. The normalized spacial score (nSPS) is 48.8. The molecule has 5 N–H and O–H groups in total. The molecule has 0 spiro atoms. The monoisotopic (exact) mass is 473 g/mol. The van der Waals surface area contributed by atoms with E-state index in [9.17, 15) is 20.4 Å². The first kappa shape index (κ1) is 25.7. The first-order chi connectivity index (χ1) is 15.7. The van der Waals surface area contributed by atoms with Gasteiger partial charge in [-0.25, -0.2) is 0 Å². The second-order valence-corrected chi connectivity index (χ2v) is 10.6. The molecule has 0 amide bonds. The molecule has 1 saturated carbocycles. The molecule has 4 rings (SSSR count). The molecule has 0 aromatic rings. The zero-order valence-corrected chi connectivity index (χ0v) is 20.2. The molecule has 3 aliphatic heterocycles. The Bertz CT molecular complexity index is 648. The van der Waals surface area contributed by atoms with Gasteiger partial charge in [-0.3, -0.25) is 0 Å². The van der Waals surface area contributed by atoms with Gasteiger partial charge in [0.25, 0.3) is 0 Å². The number of nitrogens with one attached hydrogen (secondary N) is 1. The van der Waals surface area contributed by atoms with Gasteiger partial charge < -0.3 is 44.7 Å². The molecular formula is C24H43NO8. The van der Waals surface area contributed by atoms with E-state index in [1.54, 1.807) is 7.05 Å². The van der Waals surface area contributed by atoms with Crippen LogP contribution in [0.15, 0.2) is 0 Å². The number of ether oxygens (including phenoxy) is 4. The predicted octanol–water partition coefficient (Wildman–Crippen LogP) is 0.662. The third-order valence-corrected chi connectivity index (χ3v) is 8.42. The van der Waals surface area contributed by atoms with Crippen LogP contribution >= 0.6 is 0 Å². The summed E-state index contributed by atoms with van der Waals surface area (Å²) >= 11 is 0. The molecule has 4 aliphatic rings. The largest absolute Gasteiger partial charge is 0.391 e. The van der Waals surface area contributed by atoms with Crippen LogP contribution in [0.25, 0.3) is 0 Å². The van der Waals surface area contributed by atoms with Crippen LogP contribution in [0, 0.1) is 11.8 Å². The van der Waals surface area contributed by atoms with Gasteiger partial charge >= 0.3 is 0 Å². The summed E-state index contributed by atoms with van der Waals surface area (Å²) in [4.78, 5) is 0. The van der Waals surface area contributed by atoms with Gasteiger partial charge in [0, 0.05) is 25.6 Å². The van der Waals surface area contributed by atoms with Crippen molar-refractivity contribution in [2.45, 2.75) is 119 Å². The maximum Gasteiger partial charge on any atom is 0.248 e. The number of fused-ring (bicyclic) bond motifs is 2. The Morgan fingerprint density at radius 3 is 2.39 bits per heavy atom. The van der Waals surface area contributed by atoms with Crippen molar-refractivity contribution in [3.63, 3.8) is 0 Å². The summed E-state index contributed by atoms with van der Waals surface area (Å²) < 4.78 is 23.6. The SMILES string of the molecule is CC[C@@H]1[C@H](O)[C@H](NC)[C@H]2O[C@]3(O)[C@H](O[C@@H]2[C@H]1O)O[C@H](C)C[C@@]3(O)CCCCC1CCOCC1. The second-order valence-electron chi connectivity index (χ2n) is 10.6. The van der Waals surface area contributed by atoms with Gasteiger partial charge in [-0.2, -0.15) is 0 Å². The summed E-state index contributed by atoms with van der Waals surface area (Å²) in [5.41, 5.74) is -1.56. The molecule has 0 unspecified atom stereocenters. The first-order valence-corrected chi connectivity index (χ1v) is 12.8. The van der Waals surface area contributed by atoms with Gasteiger partial charge in [-0.1, -0.05) is 26.2 Å². The lowest BCUT2D eigenvalue weighted by atomic mass is 9.73. The van der Waals surface area contributed by atoms with E-state index in [-0.39, 0.29) is 12.5 Å². The minimum absolute atomic E-state index is 0.213. The molecule has 0 aromatic carbocycles. The molecule has 0 aromatic heterocycles. The summed E-state index contributed by atoms with van der Waals surface area (Å²) in [5, 5.41) is 48.2. The highest BCUT2D eigenvalue weighted by atomic mass is 16.8. The Morgan fingerprint density at radius 2 is 1.73 bits per heavy atom.